The third-order valence-corrected chi connectivity index (χ3v) is 5.51. The first-order valence-corrected chi connectivity index (χ1v) is 8.06. The van der Waals surface area contributed by atoms with E-state index in [4.69, 9.17) is 5.11 Å². The molecule has 4 nitrogen and oxygen atoms in total. The molecular formula is C10H15NO3S2. The molecule has 1 aliphatic rings. The number of nitrogens with zero attached hydrogens (tertiary/aromatic N) is 1. The number of aromatic nitrogens is 1. The molecule has 1 fully saturated rings. The maximum Gasteiger partial charge on any atom is 0.150 e. The summed E-state index contributed by atoms with van der Waals surface area (Å²) in [6.45, 7) is 0.117. The van der Waals surface area contributed by atoms with Gasteiger partial charge in [0.05, 0.1) is 22.2 Å². The number of rotatable bonds is 3. The van der Waals surface area contributed by atoms with Gasteiger partial charge in [0.2, 0.25) is 0 Å². The van der Waals surface area contributed by atoms with Crippen molar-refractivity contribution in [1.29, 1.82) is 0 Å². The molecule has 0 bridgehead atoms. The lowest BCUT2D eigenvalue weighted by Gasteiger charge is -2.19. The van der Waals surface area contributed by atoms with Gasteiger partial charge >= 0.3 is 0 Å². The van der Waals surface area contributed by atoms with E-state index in [1.807, 2.05) is 5.38 Å². The Labute approximate surface area is 99.3 Å². The summed E-state index contributed by atoms with van der Waals surface area (Å²) < 4.78 is 22.6. The number of sulfone groups is 1. The van der Waals surface area contributed by atoms with E-state index < -0.39 is 9.84 Å². The lowest BCUT2D eigenvalue weighted by molar-refractivity contribution is 0.299. The molecule has 1 aliphatic heterocycles. The fraction of sp³-hybridized carbons (Fsp3) is 0.700. The molecule has 0 unspecified atom stereocenters. The summed E-state index contributed by atoms with van der Waals surface area (Å²) in [4.78, 5) is 4.44. The molecule has 0 atom stereocenters. The van der Waals surface area contributed by atoms with Gasteiger partial charge < -0.3 is 5.11 Å². The predicted molar refractivity (Wildman–Crippen MR) is 63.5 cm³/mol. The molecule has 1 N–H and O–H groups in total. The van der Waals surface area contributed by atoms with Crippen LogP contribution in [0.3, 0.4) is 0 Å². The van der Waals surface area contributed by atoms with Gasteiger partial charge in [-0.25, -0.2) is 13.4 Å². The zero-order valence-corrected chi connectivity index (χ0v) is 10.6. The minimum atomic E-state index is -2.79. The smallest absolute Gasteiger partial charge is 0.150 e. The molecule has 0 spiro atoms. The number of hydrogen-bond acceptors (Lipinski definition) is 5. The van der Waals surface area contributed by atoms with Crippen molar-refractivity contribution >= 4 is 21.2 Å². The van der Waals surface area contributed by atoms with E-state index in [2.05, 4.69) is 4.98 Å². The quantitative estimate of drug-likeness (QED) is 0.880. The summed E-state index contributed by atoms with van der Waals surface area (Å²) in [5.74, 6) is 0.849. The highest BCUT2D eigenvalue weighted by Gasteiger charge is 2.26. The maximum atomic E-state index is 11.3. The number of thiazole rings is 1. The molecule has 0 amide bonds. The van der Waals surface area contributed by atoms with Crippen molar-refractivity contribution in [3.63, 3.8) is 0 Å². The Kier molecular flexibility index (Phi) is 3.61. The van der Waals surface area contributed by atoms with Crippen molar-refractivity contribution in [2.45, 2.75) is 25.2 Å². The van der Waals surface area contributed by atoms with Crippen LogP contribution in [0.15, 0.2) is 5.38 Å². The molecule has 2 heterocycles. The van der Waals surface area contributed by atoms with Crippen LogP contribution in [-0.2, 0) is 16.3 Å². The Hall–Kier alpha value is -0.460. The van der Waals surface area contributed by atoms with Gasteiger partial charge in [0.1, 0.15) is 9.84 Å². The Bertz CT molecular complexity index is 438. The van der Waals surface area contributed by atoms with E-state index >= 15 is 0 Å². The minimum Gasteiger partial charge on any atom is -0.396 e. The van der Waals surface area contributed by atoms with Crippen LogP contribution in [0.5, 0.6) is 0 Å². The first-order valence-electron chi connectivity index (χ1n) is 5.36. The average molecular weight is 261 g/mol. The lowest BCUT2D eigenvalue weighted by atomic mass is 10.00. The summed E-state index contributed by atoms with van der Waals surface area (Å²) in [6.07, 6.45) is 1.96. The standard InChI is InChI=1S/C10H15NO3S2/c12-4-1-10-11-9(7-15-10)8-2-5-16(13,14)6-3-8/h7-8,12H,1-6H2. The topological polar surface area (TPSA) is 67.3 Å². The minimum absolute atomic E-state index is 0.117. The second-order valence-electron chi connectivity index (χ2n) is 4.07. The molecule has 90 valence electrons. The van der Waals surface area contributed by atoms with Crippen molar-refractivity contribution in [3.8, 4) is 0 Å². The molecular weight excluding hydrogens is 246 g/mol. The Morgan fingerprint density at radius 3 is 2.75 bits per heavy atom. The van der Waals surface area contributed by atoms with Gasteiger partial charge in [0.25, 0.3) is 0 Å². The van der Waals surface area contributed by atoms with Crippen LogP contribution in [0.2, 0.25) is 0 Å². The van der Waals surface area contributed by atoms with Crippen molar-refractivity contribution < 1.29 is 13.5 Å². The second-order valence-corrected chi connectivity index (χ2v) is 7.31. The average Bonchev–Trinajstić information content (AvgIpc) is 2.67. The molecule has 0 aromatic carbocycles. The van der Waals surface area contributed by atoms with E-state index in [0.29, 0.717) is 19.3 Å². The Morgan fingerprint density at radius 1 is 1.44 bits per heavy atom. The fourth-order valence-corrected chi connectivity index (χ4v) is 4.27. The molecule has 0 radical (unpaired) electrons. The van der Waals surface area contributed by atoms with Gasteiger partial charge in [-0.1, -0.05) is 0 Å². The predicted octanol–water partition coefficient (Wildman–Crippen LogP) is 0.970. The van der Waals surface area contributed by atoms with Crippen molar-refractivity contribution in [2.75, 3.05) is 18.1 Å². The van der Waals surface area contributed by atoms with Crippen LogP contribution < -0.4 is 0 Å². The molecule has 2 rings (SSSR count). The summed E-state index contributed by atoms with van der Waals surface area (Å²) in [5.41, 5.74) is 1.00. The molecule has 0 saturated carbocycles. The van der Waals surface area contributed by atoms with E-state index in [1.165, 1.54) is 0 Å². The molecule has 1 saturated heterocycles. The normalized spacial score (nSPS) is 21.1. The summed E-state index contributed by atoms with van der Waals surface area (Å²) >= 11 is 1.55. The number of aliphatic hydroxyl groups is 1. The highest BCUT2D eigenvalue weighted by Crippen LogP contribution is 2.29. The van der Waals surface area contributed by atoms with E-state index in [1.54, 1.807) is 11.3 Å². The van der Waals surface area contributed by atoms with Crippen molar-refractivity contribution in [3.05, 3.63) is 16.1 Å². The largest absolute Gasteiger partial charge is 0.396 e. The maximum absolute atomic E-state index is 11.3. The van der Waals surface area contributed by atoms with E-state index in [-0.39, 0.29) is 24.0 Å². The zero-order chi connectivity index (χ0) is 11.6. The van der Waals surface area contributed by atoms with E-state index in [0.717, 1.165) is 10.7 Å². The van der Waals surface area contributed by atoms with Gasteiger partial charge in [-0.2, -0.15) is 0 Å². The SMILES string of the molecule is O=S1(=O)CCC(c2csc(CCO)n2)CC1. The van der Waals surface area contributed by atoms with Gasteiger partial charge in [-0.15, -0.1) is 11.3 Å². The van der Waals surface area contributed by atoms with Crippen LogP contribution in [0, 0.1) is 0 Å². The third kappa shape index (κ3) is 2.81. The molecule has 6 heteroatoms. The molecule has 0 aliphatic carbocycles. The highest BCUT2D eigenvalue weighted by molar-refractivity contribution is 7.91. The highest BCUT2D eigenvalue weighted by atomic mass is 32.2. The van der Waals surface area contributed by atoms with Crippen LogP contribution in [-0.4, -0.2) is 36.6 Å². The molecule has 1 aromatic heterocycles. The van der Waals surface area contributed by atoms with Gasteiger partial charge in [0, 0.05) is 24.3 Å². The lowest BCUT2D eigenvalue weighted by Crippen LogP contribution is -2.22. The van der Waals surface area contributed by atoms with Gasteiger partial charge in [-0.3, -0.25) is 0 Å². The summed E-state index contributed by atoms with van der Waals surface area (Å²) in [7, 11) is -2.79. The number of hydrogen-bond donors (Lipinski definition) is 1. The van der Waals surface area contributed by atoms with Crippen LogP contribution in [0.4, 0.5) is 0 Å². The number of aliphatic hydroxyl groups excluding tert-OH is 1. The van der Waals surface area contributed by atoms with Gasteiger partial charge in [0.15, 0.2) is 0 Å². The Morgan fingerprint density at radius 2 is 2.12 bits per heavy atom. The summed E-state index contributed by atoms with van der Waals surface area (Å²) in [5, 5.41) is 11.7. The fourth-order valence-electron chi connectivity index (χ4n) is 1.91. The summed E-state index contributed by atoms with van der Waals surface area (Å²) in [6, 6.07) is 0. The van der Waals surface area contributed by atoms with E-state index in [9.17, 15) is 8.42 Å². The van der Waals surface area contributed by atoms with Crippen LogP contribution in [0.1, 0.15) is 29.5 Å². The van der Waals surface area contributed by atoms with Crippen molar-refractivity contribution in [1.82, 2.24) is 4.98 Å². The Balaban J connectivity index is 2.02. The first kappa shape index (κ1) is 12.0. The monoisotopic (exact) mass is 261 g/mol. The zero-order valence-electron chi connectivity index (χ0n) is 8.92. The van der Waals surface area contributed by atoms with Crippen LogP contribution in [0.25, 0.3) is 0 Å². The molecule has 1 aromatic rings. The molecule has 16 heavy (non-hydrogen) atoms. The first-order chi connectivity index (χ1) is 7.61. The van der Waals surface area contributed by atoms with Gasteiger partial charge in [-0.05, 0) is 12.8 Å². The van der Waals surface area contributed by atoms with Crippen LogP contribution >= 0.6 is 11.3 Å². The second kappa shape index (κ2) is 4.81. The van der Waals surface area contributed by atoms with Crippen molar-refractivity contribution in [2.24, 2.45) is 0 Å². The third-order valence-electron chi connectivity index (χ3n) is 2.87.